The molecule has 0 aliphatic carbocycles. The fourth-order valence-corrected chi connectivity index (χ4v) is 3.22. The fourth-order valence-electron chi connectivity index (χ4n) is 1.54. The van der Waals surface area contributed by atoms with Crippen molar-refractivity contribution in [1.82, 2.24) is 15.5 Å². The maximum atomic E-state index is 11.5. The molecule has 16 heavy (non-hydrogen) atoms. The molecule has 1 aliphatic heterocycles. The molecule has 1 saturated heterocycles. The van der Waals surface area contributed by atoms with Gasteiger partial charge in [0.25, 0.3) is 0 Å². The summed E-state index contributed by atoms with van der Waals surface area (Å²) in [5.41, 5.74) is 0. The zero-order valence-electron chi connectivity index (χ0n) is 8.63. The van der Waals surface area contributed by atoms with Crippen molar-refractivity contribution in [1.29, 1.82) is 0 Å². The maximum Gasteiger partial charge on any atom is 0.309 e. The van der Waals surface area contributed by atoms with Crippen molar-refractivity contribution < 1.29 is 17.6 Å². The summed E-state index contributed by atoms with van der Waals surface area (Å²) in [6, 6.07) is -0.357. The number of hydrogen-bond donors (Lipinski definition) is 1. The number of nitrogens with one attached hydrogen (secondary N) is 1. The average Bonchev–Trinajstić information content (AvgIpc) is 2.73. The molecule has 0 spiro atoms. The molecule has 1 aliphatic rings. The van der Waals surface area contributed by atoms with Gasteiger partial charge in [0, 0.05) is 13.0 Å². The molecule has 88 valence electrons. The van der Waals surface area contributed by atoms with Crippen LogP contribution in [0.15, 0.2) is 4.42 Å². The summed E-state index contributed by atoms with van der Waals surface area (Å²) in [5, 5.41) is 9.61. The van der Waals surface area contributed by atoms with Crippen molar-refractivity contribution in [3.05, 3.63) is 11.8 Å². The van der Waals surface area contributed by atoms with E-state index >= 15 is 0 Å². The molecular weight excluding hydrogens is 234 g/mol. The lowest BCUT2D eigenvalue weighted by atomic mass is 10.2. The van der Waals surface area contributed by atoms with Crippen LogP contribution in [0.4, 0.5) is 0 Å². The van der Waals surface area contributed by atoms with E-state index in [0.717, 1.165) is 0 Å². The zero-order valence-corrected chi connectivity index (χ0v) is 9.45. The predicted octanol–water partition coefficient (Wildman–Crippen LogP) is -0.705. The first-order chi connectivity index (χ1) is 7.46. The van der Waals surface area contributed by atoms with Gasteiger partial charge in [-0.25, -0.2) is 8.42 Å². The Morgan fingerprint density at radius 2 is 2.25 bits per heavy atom. The van der Waals surface area contributed by atoms with Crippen LogP contribution in [0.5, 0.6) is 0 Å². The Kier molecular flexibility index (Phi) is 2.66. The van der Waals surface area contributed by atoms with Crippen LogP contribution in [0.1, 0.15) is 23.0 Å². The summed E-state index contributed by atoms with van der Waals surface area (Å²) in [7, 11) is -3.00. The molecule has 1 aromatic rings. The van der Waals surface area contributed by atoms with Gasteiger partial charge in [0.1, 0.15) is 0 Å². The lowest BCUT2D eigenvalue weighted by Gasteiger charge is -2.07. The van der Waals surface area contributed by atoms with Gasteiger partial charge in [-0.2, -0.15) is 0 Å². The van der Waals surface area contributed by atoms with Gasteiger partial charge in [0.15, 0.2) is 9.84 Å². The van der Waals surface area contributed by atoms with E-state index in [9.17, 15) is 13.2 Å². The Morgan fingerprint density at radius 1 is 1.50 bits per heavy atom. The van der Waals surface area contributed by atoms with Crippen LogP contribution in [-0.4, -0.2) is 42.1 Å². The van der Waals surface area contributed by atoms with E-state index in [0.29, 0.717) is 12.3 Å². The molecule has 1 aromatic heterocycles. The number of carbonyl (C=O) groups is 1. The molecule has 2 rings (SSSR count). The van der Waals surface area contributed by atoms with Crippen LogP contribution < -0.4 is 5.32 Å². The summed E-state index contributed by atoms with van der Waals surface area (Å²) < 4.78 is 27.2. The van der Waals surface area contributed by atoms with Gasteiger partial charge < -0.3 is 9.73 Å². The first-order valence-electron chi connectivity index (χ1n) is 4.78. The largest absolute Gasteiger partial charge is 0.417 e. The maximum absolute atomic E-state index is 11.5. The minimum atomic E-state index is -3.00. The van der Waals surface area contributed by atoms with Crippen molar-refractivity contribution in [3.63, 3.8) is 0 Å². The van der Waals surface area contributed by atoms with Gasteiger partial charge in [-0.15, -0.1) is 10.2 Å². The predicted molar refractivity (Wildman–Crippen MR) is 53.6 cm³/mol. The van der Waals surface area contributed by atoms with Crippen LogP contribution in [0.3, 0.4) is 0 Å². The van der Waals surface area contributed by atoms with Gasteiger partial charge in [-0.05, 0) is 6.42 Å². The number of amides is 1. The number of nitrogens with zero attached hydrogens (tertiary/aromatic N) is 2. The van der Waals surface area contributed by atoms with E-state index in [4.69, 9.17) is 4.42 Å². The molecular formula is C8H11N3O4S. The summed E-state index contributed by atoms with van der Waals surface area (Å²) in [5.74, 6) is -0.277. The number of carbonyl (C=O) groups excluding carboxylic acids is 1. The molecule has 8 heteroatoms. The van der Waals surface area contributed by atoms with Gasteiger partial charge >= 0.3 is 11.8 Å². The topological polar surface area (TPSA) is 102 Å². The fraction of sp³-hybridized carbons (Fsp3) is 0.625. The second-order valence-corrected chi connectivity index (χ2v) is 5.93. The Labute approximate surface area is 92.2 Å². The van der Waals surface area contributed by atoms with Crippen LogP contribution in [0, 0.1) is 6.92 Å². The molecule has 7 nitrogen and oxygen atoms in total. The summed E-state index contributed by atoms with van der Waals surface area (Å²) >= 11 is 0. The summed E-state index contributed by atoms with van der Waals surface area (Å²) in [4.78, 5) is 11.5. The molecule has 0 bridgehead atoms. The summed E-state index contributed by atoms with van der Waals surface area (Å²) in [6.45, 7) is 1.57. The second-order valence-electron chi connectivity index (χ2n) is 3.70. The number of sulfone groups is 1. The van der Waals surface area contributed by atoms with Gasteiger partial charge in [-0.3, -0.25) is 4.79 Å². The second kappa shape index (κ2) is 3.85. The molecule has 1 unspecified atom stereocenters. The summed E-state index contributed by atoms with van der Waals surface area (Å²) in [6.07, 6.45) is 0.432. The number of aromatic nitrogens is 2. The third-order valence-corrected chi connectivity index (χ3v) is 4.06. The van der Waals surface area contributed by atoms with Crippen molar-refractivity contribution in [2.75, 3.05) is 11.5 Å². The first-order valence-corrected chi connectivity index (χ1v) is 6.60. The van der Waals surface area contributed by atoms with E-state index in [2.05, 4.69) is 15.5 Å². The molecule has 2 heterocycles. The van der Waals surface area contributed by atoms with Crippen molar-refractivity contribution in [2.45, 2.75) is 19.4 Å². The zero-order chi connectivity index (χ0) is 11.8. The van der Waals surface area contributed by atoms with Gasteiger partial charge in [0.2, 0.25) is 5.89 Å². The molecule has 0 aromatic carbocycles. The number of aryl methyl sites for hydroxylation is 1. The normalized spacial score (nSPS) is 23.2. The van der Waals surface area contributed by atoms with Crippen LogP contribution >= 0.6 is 0 Å². The monoisotopic (exact) mass is 245 g/mol. The highest BCUT2D eigenvalue weighted by Crippen LogP contribution is 2.11. The third kappa shape index (κ3) is 2.38. The Morgan fingerprint density at radius 3 is 2.75 bits per heavy atom. The quantitative estimate of drug-likeness (QED) is 0.738. The Hall–Kier alpha value is -1.44. The molecule has 0 radical (unpaired) electrons. The minimum absolute atomic E-state index is 0.0220. The Balaban J connectivity index is 1.99. The molecule has 1 fully saturated rings. The Bertz CT molecular complexity index is 507. The first kappa shape index (κ1) is 11.1. The minimum Gasteiger partial charge on any atom is -0.417 e. The third-order valence-electron chi connectivity index (χ3n) is 2.29. The van der Waals surface area contributed by atoms with Gasteiger partial charge in [0.05, 0.1) is 11.5 Å². The molecule has 1 atom stereocenters. The van der Waals surface area contributed by atoms with E-state index in [1.54, 1.807) is 6.92 Å². The molecule has 0 saturated carbocycles. The number of hydrogen-bond acceptors (Lipinski definition) is 6. The highest BCUT2D eigenvalue weighted by Gasteiger charge is 2.30. The van der Waals surface area contributed by atoms with Crippen molar-refractivity contribution in [3.8, 4) is 0 Å². The van der Waals surface area contributed by atoms with Gasteiger partial charge in [-0.1, -0.05) is 0 Å². The van der Waals surface area contributed by atoms with Crippen LogP contribution in [0.25, 0.3) is 0 Å². The average molecular weight is 245 g/mol. The van der Waals surface area contributed by atoms with Crippen molar-refractivity contribution >= 4 is 15.7 Å². The van der Waals surface area contributed by atoms with E-state index < -0.39 is 15.7 Å². The smallest absolute Gasteiger partial charge is 0.309 e. The highest BCUT2D eigenvalue weighted by atomic mass is 32.2. The van der Waals surface area contributed by atoms with Crippen molar-refractivity contribution in [2.24, 2.45) is 0 Å². The standard InChI is InChI=1S/C8H11N3O4S/c1-5-10-11-8(15-5)7(12)9-6-2-3-16(13,14)4-6/h6H,2-4H2,1H3,(H,9,12). The highest BCUT2D eigenvalue weighted by molar-refractivity contribution is 7.91. The van der Waals surface area contributed by atoms with E-state index in [-0.39, 0.29) is 23.4 Å². The van der Waals surface area contributed by atoms with E-state index in [1.807, 2.05) is 0 Å². The number of rotatable bonds is 2. The van der Waals surface area contributed by atoms with Crippen LogP contribution in [0.2, 0.25) is 0 Å². The van der Waals surface area contributed by atoms with Crippen LogP contribution in [-0.2, 0) is 9.84 Å². The molecule has 1 N–H and O–H groups in total. The SMILES string of the molecule is Cc1nnc(C(=O)NC2CCS(=O)(=O)C2)o1. The lowest BCUT2D eigenvalue weighted by Crippen LogP contribution is -2.35. The van der Waals surface area contributed by atoms with E-state index in [1.165, 1.54) is 0 Å². The molecule has 1 amide bonds. The lowest BCUT2D eigenvalue weighted by molar-refractivity contribution is 0.0904.